The van der Waals surface area contributed by atoms with Crippen molar-refractivity contribution in [1.82, 2.24) is 0 Å². The van der Waals surface area contributed by atoms with Gasteiger partial charge in [0.2, 0.25) is 0 Å². The summed E-state index contributed by atoms with van der Waals surface area (Å²) in [4.78, 5) is 11.4. The highest BCUT2D eigenvalue weighted by Gasteiger charge is 2.21. The highest BCUT2D eigenvalue weighted by molar-refractivity contribution is 5.97. The average Bonchev–Trinajstić information content (AvgIpc) is 2.04. The lowest BCUT2D eigenvalue weighted by atomic mass is 9.83. The van der Waals surface area contributed by atoms with Gasteiger partial charge in [0.1, 0.15) is 0 Å². The third-order valence-corrected chi connectivity index (χ3v) is 2.76. The SMILES string of the molecule is CC1=CC2=C(CC1)C(=O)CCC2. The number of hydrogen-bond acceptors (Lipinski definition) is 1. The van der Waals surface area contributed by atoms with E-state index in [9.17, 15) is 4.79 Å². The zero-order valence-corrected chi connectivity index (χ0v) is 7.52. The number of Topliss-reactive ketones (excluding diaryl/α,β-unsaturated/α-hetero) is 1. The van der Waals surface area contributed by atoms with Crippen molar-refractivity contribution in [3.63, 3.8) is 0 Å². The van der Waals surface area contributed by atoms with Gasteiger partial charge < -0.3 is 0 Å². The first-order valence-corrected chi connectivity index (χ1v) is 4.70. The number of carbonyl (C=O) groups excluding carboxylic acids is 1. The minimum absolute atomic E-state index is 0.403. The number of allylic oxidation sites excluding steroid dienone is 4. The highest BCUT2D eigenvalue weighted by Crippen LogP contribution is 2.31. The normalized spacial score (nSPS) is 23.8. The van der Waals surface area contributed by atoms with Crippen LogP contribution in [-0.2, 0) is 4.79 Å². The Morgan fingerprint density at radius 2 is 2.00 bits per heavy atom. The molecule has 1 heteroatoms. The second-order valence-electron chi connectivity index (χ2n) is 3.77. The van der Waals surface area contributed by atoms with Gasteiger partial charge >= 0.3 is 0 Å². The zero-order valence-electron chi connectivity index (χ0n) is 7.52. The van der Waals surface area contributed by atoms with Crippen molar-refractivity contribution in [3.05, 3.63) is 22.8 Å². The van der Waals surface area contributed by atoms with Crippen LogP contribution in [0.2, 0.25) is 0 Å². The molecule has 0 spiro atoms. The number of rotatable bonds is 0. The summed E-state index contributed by atoms with van der Waals surface area (Å²) in [6, 6.07) is 0. The second-order valence-corrected chi connectivity index (χ2v) is 3.77. The molecule has 0 saturated heterocycles. The maximum absolute atomic E-state index is 11.4. The predicted octanol–water partition coefficient (Wildman–Crippen LogP) is 2.78. The molecule has 0 aromatic heterocycles. The third kappa shape index (κ3) is 1.24. The van der Waals surface area contributed by atoms with E-state index in [4.69, 9.17) is 0 Å². The van der Waals surface area contributed by atoms with Crippen LogP contribution >= 0.6 is 0 Å². The monoisotopic (exact) mass is 162 g/mol. The smallest absolute Gasteiger partial charge is 0.159 e. The van der Waals surface area contributed by atoms with Gasteiger partial charge in [-0.05, 0) is 43.8 Å². The van der Waals surface area contributed by atoms with E-state index in [2.05, 4.69) is 13.0 Å². The van der Waals surface area contributed by atoms with Crippen LogP contribution < -0.4 is 0 Å². The van der Waals surface area contributed by atoms with Crippen LogP contribution in [0.5, 0.6) is 0 Å². The first kappa shape index (κ1) is 7.78. The Bertz CT molecular complexity index is 281. The molecule has 0 atom stereocenters. The van der Waals surface area contributed by atoms with Gasteiger partial charge in [-0.25, -0.2) is 0 Å². The van der Waals surface area contributed by atoms with Crippen LogP contribution in [0.4, 0.5) is 0 Å². The van der Waals surface area contributed by atoms with Crippen molar-refractivity contribution < 1.29 is 4.79 Å². The standard InChI is InChI=1S/C11H14O/c1-8-5-6-10-9(7-8)3-2-4-11(10)12/h7H,2-6H2,1H3. The lowest BCUT2D eigenvalue weighted by Gasteiger charge is -2.21. The molecule has 2 aliphatic carbocycles. The molecule has 2 aliphatic rings. The molecule has 0 aliphatic heterocycles. The summed E-state index contributed by atoms with van der Waals surface area (Å²) in [5.41, 5.74) is 3.89. The van der Waals surface area contributed by atoms with Crippen LogP contribution in [0, 0.1) is 0 Å². The van der Waals surface area contributed by atoms with Crippen LogP contribution in [0.1, 0.15) is 39.0 Å². The molecule has 0 bridgehead atoms. The quantitative estimate of drug-likeness (QED) is 0.535. The van der Waals surface area contributed by atoms with Gasteiger partial charge in [0.15, 0.2) is 5.78 Å². The Labute approximate surface area is 73.2 Å². The zero-order chi connectivity index (χ0) is 8.55. The number of carbonyl (C=O) groups is 1. The molecule has 0 amide bonds. The summed E-state index contributed by atoms with van der Waals surface area (Å²) < 4.78 is 0. The molecule has 0 saturated carbocycles. The van der Waals surface area contributed by atoms with Gasteiger partial charge in [-0.1, -0.05) is 11.6 Å². The predicted molar refractivity (Wildman–Crippen MR) is 48.9 cm³/mol. The fourth-order valence-corrected chi connectivity index (χ4v) is 2.07. The van der Waals surface area contributed by atoms with Crippen LogP contribution in [-0.4, -0.2) is 5.78 Å². The van der Waals surface area contributed by atoms with E-state index >= 15 is 0 Å². The van der Waals surface area contributed by atoms with Gasteiger partial charge in [-0.15, -0.1) is 0 Å². The molecule has 0 N–H and O–H groups in total. The second kappa shape index (κ2) is 2.89. The molecular weight excluding hydrogens is 148 g/mol. The van der Waals surface area contributed by atoms with Crippen LogP contribution in [0.15, 0.2) is 22.8 Å². The van der Waals surface area contributed by atoms with Crippen molar-refractivity contribution >= 4 is 5.78 Å². The van der Waals surface area contributed by atoms with E-state index in [0.717, 1.165) is 37.7 Å². The van der Waals surface area contributed by atoms with E-state index in [1.54, 1.807) is 0 Å². The fraction of sp³-hybridized carbons (Fsp3) is 0.545. The molecule has 0 heterocycles. The molecule has 1 nitrogen and oxygen atoms in total. The molecule has 2 rings (SSSR count). The summed E-state index contributed by atoms with van der Waals surface area (Å²) in [6.07, 6.45) is 7.27. The topological polar surface area (TPSA) is 17.1 Å². The van der Waals surface area contributed by atoms with Gasteiger partial charge in [-0.2, -0.15) is 0 Å². The first-order chi connectivity index (χ1) is 5.77. The maximum Gasteiger partial charge on any atom is 0.159 e. The first-order valence-electron chi connectivity index (χ1n) is 4.70. The average molecular weight is 162 g/mol. The highest BCUT2D eigenvalue weighted by atomic mass is 16.1. The Kier molecular flexibility index (Phi) is 1.87. The number of ketones is 1. The van der Waals surface area contributed by atoms with Gasteiger partial charge in [0.25, 0.3) is 0 Å². The van der Waals surface area contributed by atoms with Gasteiger partial charge in [0.05, 0.1) is 0 Å². The minimum atomic E-state index is 0.403. The van der Waals surface area contributed by atoms with E-state index in [-0.39, 0.29) is 0 Å². The van der Waals surface area contributed by atoms with E-state index in [1.807, 2.05) is 0 Å². The minimum Gasteiger partial charge on any atom is -0.295 e. The van der Waals surface area contributed by atoms with Crippen molar-refractivity contribution in [2.45, 2.75) is 39.0 Å². The third-order valence-electron chi connectivity index (χ3n) is 2.76. The Balaban J connectivity index is 2.36. The summed E-state index contributed by atoms with van der Waals surface area (Å²) in [6.45, 7) is 2.16. The molecule has 64 valence electrons. The molecule has 0 unspecified atom stereocenters. The van der Waals surface area contributed by atoms with Gasteiger partial charge in [0, 0.05) is 6.42 Å². The van der Waals surface area contributed by atoms with E-state index in [1.165, 1.54) is 11.1 Å². The largest absolute Gasteiger partial charge is 0.295 e. The molecule has 0 fully saturated rings. The van der Waals surface area contributed by atoms with Crippen molar-refractivity contribution in [2.24, 2.45) is 0 Å². The van der Waals surface area contributed by atoms with Crippen LogP contribution in [0.25, 0.3) is 0 Å². The maximum atomic E-state index is 11.4. The molecular formula is C11H14O. The number of hydrogen-bond donors (Lipinski definition) is 0. The van der Waals surface area contributed by atoms with Crippen molar-refractivity contribution in [1.29, 1.82) is 0 Å². The van der Waals surface area contributed by atoms with Crippen molar-refractivity contribution in [3.8, 4) is 0 Å². The summed E-state index contributed by atoms with van der Waals surface area (Å²) in [5, 5.41) is 0. The molecule has 0 aromatic carbocycles. The Hall–Kier alpha value is -0.850. The molecule has 12 heavy (non-hydrogen) atoms. The lowest BCUT2D eigenvalue weighted by molar-refractivity contribution is -0.116. The van der Waals surface area contributed by atoms with E-state index < -0.39 is 0 Å². The Morgan fingerprint density at radius 3 is 2.83 bits per heavy atom. The molecule has 0 radical (unpaired) electrons. The summed E-state index contributed by atoms with van der Waals surface area (Å²) in [5.74, 6) is 0.403. The summed E-state index contributed by atoms with van der Waals surface area (Å²) >= 11 is 0. The van der Waals surface area contributed by atoms with E-state index in [0.29, 0.717) is 5.78 Å². The fourth-order valence-electron chi connectivity index (χ4n) is 2.07. The summed E-state index contributed by atoms with van der Waals surface area (Å²) in [7, 11) is 0. The lowest BCUT2D eigenvalue weighted by Crippen LogP contribution is -2.13. The van der Waals surface area contributed by atoms with Crippen molar-refractivity contribution in [2.75, 3.05) is 0 Å². The van der Waals surface area contributed by atoms with Crippen LogP contribution in [0.3, 0.4) is 0 Å². The molecule has 0 aromatic rings. The Morgan fingerprint density at radius 1 is 1.17 bits per heavy atom. The van der Waals surface area contributed by atoms with Gasteiger partial charge in [-0.3, -0.25) is 4.79 Å².